The van der Waals surface area contributed by atoms with Crippen molar-refractivity contribution in [3.8, 4) is 0 Å². The lowest BCUT2D eigenvalue weighted by Gasteiger charge is -2.39. The summed E-state index contributed by atoms with van der Waals surface area (Å²) < 4.78 is 54.7. The zero-order chi connectivity index (χ0) is 17.0. The predicted octanol–water partition coefficient (Wildman–Crippen LogP) is 3.70. The van der Waals surface area contributed by atoms with Crippen LogP contribution < -0.4 is 0 Å². The van der Waals surface area contributed by atoms with Gasteiger partial charge in [0.1, 0.15) is 11.6 Å². The zero-order valence-corrected chi connectivity index (χ0v) is 14.6. The fraction of sp³-hybridized carbons (Fsp3) is 0.647. The summed E-state index contributed by atoms with van der Waals surface area (Å²) in [6.45, 7) is 6.87. The molecule has 3 rings (SSSR count). The van der Waals surface area contributed by atoms with Gasteiger partial charge in [-0.2, -0.15) is 4.31 Å². The molecule has 3 nitrogen and oxygen atoms in total. The largest absolute Gasteiger partial charge is 0.218 e. The van der Waals surface area contributed by atoms with Crippen molar-refractivity contribution >= 4 is 10.0 Å². The first-order valence-corrected chi connectivity index (χ1v) is 9.55. The second-order valence-corrected chi connectivity index (χ2v) is 10.1. The number of hydrogen-bond acceptors (Lipinski definition) is 2. The quantitative estimate of drug-likeness (QED) is 0.839. The van der Waals surface area contributed by atoms with Gasteiger partial charge < -0.3 is 0 Å². The van der Waals surface area contributed by atoms with Gasteiger partial charge in [0.25, 0.3) is 0 Å². The van der Waals surface area contributed by atoms with Crippen LogP contribution in [-0.2, 0) is 15.8 Å². The third-order valence-corrected chi connectivity index (χ3v) is 6.91. The number of rotatable bonds is 3. The molecule has 1 aromatic rings. The van der Waals surface area contributed by atoms with Gasteiger partial charge in [0, 0.05) is 18.2 Å². The van der Waals surface area contributed by atoms with E-state index in [-0.39, 0.29) is 22.4 Å². The summed E-state index contributed by atoms with van der Waals surface area (Å²) in [5.74, 6) is -2.22. The lowest BCUT2D eigenvalue weighted by atomic mass is 9.65. The topological polar surface area (TPSA) is 37.4 Å². The van der Waals surface area contributed by atoms with E-state index in [1.165, 1.54) is 10.4 Å². The Kier molecular flexibility index (Phi) is 3.84. The third-order valence-electron chi connectivity index (χ3n) is 5.11. The number of hydrogen-bond donors (Lipinski definition) is 0. The molecule has 2 unspecified atom stereocenters. The minimum absolute atomic E-state index is 0.0483. The first-order chi connectivity index (χ1) is 10.5. The molecule has 0 amide bonds. The van der Waals surface area contributed by atoms with Crippen molar-refractivity contribution in [3.05, 3.63) is 35.4 Å². The van der Waals surface area contributed by atoms with E-state index in [0.717, 1.165) is 31.4 Å². The molecule has 1 saturated heterocycles. The molecule has 128 valence electrons. The van der Waals surface area contributed by atoms with Crippen LogP contribution >= 0.6 is 0 Å². The van der Waals surface area contributed by atoms with Crippen molar-refractivity contribution in [1.29, 1.82) is 0 Å². The Morgan fingerprint density at radius 2 is 1.78 bits per heavy atom. The highest BCUT2D eigenvalue weighted by Crippen LogP contribution is 2.53. The fourth-order valence-electron chi connectivity index (χ4n) is 4.67. The Morgan fingerprint density at radius 1 is 1.17 bits per heavy atom. The molecule has 1 aliphatic heterocycles. The average Bonchev–Trinajstić information content (AvgIpc) is 2.64. The van der Waals surface area contributed by atoms with Crippen molar-refractivity contribution in [2.75, 3.05) is 6.54 Å². The molecule has 1 aliphatic carbocycles. The van der Waals surface area contributed by atoms with Crippen LogP contribution in [0, 0.1) is 22.5 Å². The summed E-state index contributed by atoms with van der Waals surface area (Å²) in [4.78, 5) is 0. The minimum atomic E-state index is -3.75. The Morgan fingerprint density at radius 3 is 2.39 bits per heavy atom. The highest BCUT2D eigenvalue weighted by molar-refractivity contribution is 7.88. The molecule has 6 heteroatoms. The standard InChI is InChI=1S/C17H23F2NO2S/c1-16(2)7-12-8-17(3,10-16)11-20(12)23(21,22)9-13-14(18)5-4-6-15(13)19/h4-6,12H,7-11H2,1-3H3. The maximum atomic E-state index is 13.8. The fourth-order valence-corrected chi connectivity index (χ4v) is 6.59. The smallest absolute Gasteiger partial charge is 0.212 e. The van der Waals surface area contributed by atoms with Gasteiger partial charge in [-0.3, -0.25) is 0 Å². The molecule has 0 aromatic heterocycles. The molecule has 2 atom stereocenters. The lowest BCUT2D eigenvalue weighted by molar-refractivity contribution is 0.133. The summed E-state index contributed by atoms with van der Waals surface area (Å²) in [6, 6.07) is 3.37. The molecule has 1 heterocycles. The number of halogens is 2. The van der Waals surface area contributed by atoms with E-state index < -0.39 is 27.4 Å². The Hall–Kier alpha value is -1.01. The molecule has 2 fully saturated rings. The van der Waals surface area contributed by atoms with E-state index in [9.17, 15) is 17.2 Å². The normalized spacial score (nSPS) is 30.6. The number of fused-ring (bicyclic) bond motifs is 2. The zero-order valence-electron chi connectivity index (χ0n) is 13.8. The highest BCUT2D eigenvalue weighted by Gasteiger charge is 2.52. The van der Waals surface area contributed by atoms with Crippen molar-refractivity contribution < 1.29 is 17.2 Å². The second-order valence-electron chi connectivity index (χ2n) is 8.22. The average molecular weight is 343 g/mol. The molecule has 2 aliphatic rings. The van der Waals surface area contributed by atoms with Gasteiger partial charge in [0.2, 0.25) is 10.0 Å². The van der Waals surface area contributed by atoms with E-state index in [1.54, 1.807) is 0 Å². The van der Waals surface area contributed by atoms with Crippen molar-refractivity contribution in [1.82, 2.24) is 4.31 Å². The van der Waals surface area contributed by atoms with E-state index >= 15 is 0 Å². The molecule has 0 radical (unpaired) electrons. The molecule has 1 saturated carbocycles. The Bertz CT molecular complexity index is 712. The third kappa shape index (κ3) is 3.15. The Labute approximate surface area is 136 Å². The number of benzene rings is 1. The lowest BCUT2D eigenvalue weighted by Crippen LogP contribution is -2.38. The first-order valence-electron chi connectivity index (χ1n) is 7.94. The van der Waals surface area contributed by atoms with Crippen LogP contribution in [0.15, 0.2) is 18.2 Å². The van der Waals surface area contributed by atoms with E-state index in [1.807, 2.05) is 0 Å². The predicted molar refractivity (Wildman–Crippen MR) is 85.2 cm³/mol. The van der Waals surface area contributed by atoms with Gasteiger partial charge in [0.15, 0.2) is 0 Å². The summed E-state index contributed by atoms with van der Waals surface area (Å²) >= 11 is 0. The van der Waals surface area contributed by atoms with Crippen molar-refractivity contribution in [2.24, 2.45) is 10.8 Å². The number of sulfonamides is 1. The van der Waals surface area contributed by atoms with Crippen LogP contribution in [0.2, 0.25) is 0 Å². The minimum Gasteiger partial charge on any atom is -0.212 e. The van der Waals surface area contributed by atoms with Gasteiger partial charge in [-0.05, 0) is 42.2 Å². The van der Waals surface area contributed by atoms with Gasteiger partial charge in [-0.25, -0.2) is 17.2 Å². The van der Waals surface area contributed by atoms with Crippen LogP contribution in [0.25, 0.3) is 0 Å². The molecule has 23 heavy (non-hydrogen) atoms. The van der Waals surface area contributed by atoms with Crippen LogP contribution in [-0.4, -0.2) is 25.3 Å². The van der Waals surface area contributed by atoms with Gasteiger partial charge in [-0.1, -0.05) is 26.8 Å². The summed E-state index contributed by atoms with van der Waals surface area (Å²) in [5.41, 5.74) is -0.323. The summed E-state index contributed by atoms with van der Waals surface area (Å²) in [6.07, 6.45) is 2.59. The van der Waals surface area contributed by atoms with Crippen molar-refractivity contribution in [3.63, 3.8) is 0 Å². The molecule has 0 N–H and O–H groups in total. The van der Waals surface area contributed by atoms with Gasteiger partial charge >= 0.3 is 0 Å². The number of nitrogens with zero attached hydrogens (tertiary/aromatic N) is 1. The molecule has 0 spiro atoms. The van der Waals surface area contributed by atoms with Gasteiger partial charge in [0.05, 0.1) is 5.75 Å². The highest BCUT2D eigenvalue weighted by atomic mass is 32.2. The first kappa shape index (κ1) is 16.8. The molecular formula is C17H23F2NO2S. The van der Waals surface area contributed by atoms with Crippen LogP contribution in [0.3, 0.4) is 0 Å². The molecular weight excluding hydrogens is 320 g/mol. The van der Waals surface area contributed by atoms with E-state index in [4.69, 9.17) is 0 Å². The van der Waals surface area contributed by atoms with Gasteiger partial charge in [-0.15, -0.1) is 0 Å². The van der Waals surface area contributed by atoms with Crippen LogP contribution in [0.4, 0.5) is 8.78 Å². The van der Waals surface area contributed by atoms with E-state index in [0.29, 0.717) is 6.54 Å². The summed E-state index contributed by atoms with van der Waals surface area (Å²) in [7, 11) is -3.75. The second kappa shape index (κ2) is 5.24. The SMILES string of the molecule is CC1(C)CC2CC(C)(CN2S(=O)(=O)Cc2c(F)cccc2F)C1. The Balaban J connectivity index is 1.90. The maximum Gasteiger partial charge on any atom is 0.218 e. The van der Waals surface area contributed by atoms with E-state index in [2.05, 4.69) is 20.8 Å². The molecule has 1 aromatic carbocycles. The van der Waals surface area contributed by atoms with Crippen LogP contribution in [0.5, 0.6) is 0 Å². The maximum absolute atomic E-state index is 13.8. The van der Waals surface area contributed by atoms with Crippen molar-refractivity contribution in [2.45, 2.75) is 51.8 Å². The summed E-state index contributed by atoms with van der Waals surface area (Å²) in [5, 5.41) is 0. The molecule has 2 bridgehead atoms. The van der Waals surface area contributed by atoms with Crippen LogP contribution in [0.1, 0.15) is 45.6 Å². The monoisotopic (exact) mass is 343 g/mol.